The third kappa shape index (κ3) is 4.40. The second-order valence-corrected chi connectivity index (χ2v) is 5.18. The molecule has 0 aromatic heterocycles. The van der Waals surface area contributed by atoms with Crippen LogP contribution in [0.25, 0.3) is 0 Å². The molecular formula is C13H20N2OS. The lowest BCUT2D eigenvalue weighted by atomic mass is 10.1. The Morgan fingerprint density at radius 1 is 1.47 bits per heavy atom. The number of aryl methyl sites for hydroxylation is 2. The molecule has 0 saturated heterocycles. The van der Waals surface area contributed by atoms with Gasteiger partial charge in [0.25, 0.3) is 0 Å². The summed E-state index contributed by atoms with van der Waals surface area (Å²) in [6.45, 7) is 4.01. The van der Waals surface area contributed by atoms with E-state index in [4.69, 9.17) is 5.73 Å². The van der Waals surface area contributed by atoms with Crippen LogP contribution in [-0.4, -0.2) is 24.0 Å². The van der Waals surface area contributed by atoms with Gasteiger partial charge in [0.2, 0.25) is 5.91 Å². The lowest BCUT2D eigenvalue weighted by Crippen LogP contribution is -2.36. The van der Waals surface area contributed by atoms with Crippen molar-refractivity contribution in [3.63, 3.8) is 0 Å². The number of hydrogen-bond acceptors (Lipinski definition) is 3. The fourth-order valence-corrected chi connectivity index (χ4v) is 2.04. The first kappa shape index (κ1) is 14.1. The first-order valence-corrected chi connectivity index (χ1v) is 7.06. The summed E-state index contributed by atoms with van der Waals surface area (Å²) in [5.74, 6) is 0.799. The van der Waals surface area contributed by atoms with E-state index in [-0.39, 0.29) is 5.91 Å². The summed E-state index contributed by atoms with van der Waals surface area (Å²) in [4.78, 5) is 11.8. The highest BCUT2D eigenvalue weighted by molar-refractivity contribution is 7.98. The van der Waals surface area contributed by atoms with Crippen LogP contribution in [0.3, 0.4) is 0 Å². The van der Waals surface area contributed by atoms with Crippen LogP contribution in [0.1, 0.15) is 17.5 Å². The molecule has 0 aliphatic carbocycles. The van der Waals surface area contributed by atoms with Gasteiger partial charge in [0, 0.05) is 5.69 Å². The van der Waals surface area contributed by atoms with Gasteiger partial charge in [-0.3, -0.25) is 4.79 Å². The Hall–Kier alpha value is -1.00. The van der Waals surface area contributed by atoms with Crippen molar-refractivity contribution >= 4 is 23.4 Å². The van der Waals surface area contributed by atoms with Gasteiger partial charge in [-0.05, 0) is 43.9 Å². The lowest BCUT2D eigenvalue weighted by Gasteiger charge is -2.13. The highest BCUT2D eigenvalue weighted by Gasteiger charge is 2.13. The average Bonchev–Trinajstić information content (AvgIpc) is 2.29. The van der Waals surface area contributed by atoms with Crippen molar-refractivity contribution in [1.82, 2.24) is 0 Å². The van der Waals surface area contributed by atoms with Gasteiger partial charge in [0.15, 0.2) is 0 Å². The van der Waals surface area contributed by atoms with E-state index in [1.54, 1.807) is 11.8 Å². The van der Waals surface area contributed by atoms with Gasteiger partial charge in [-0.2, -0.15) is 11.8 Å². The molecule has 94 valence electrons. The van der Waals surface area contributed by atoms with Crippen LogP contribution in [0.4, 0.5) is 5.69 Å². The van der Waals surface area contributed by atoms with Gasteiger partial charge >= 0.3 is 0 Å². The zero-order chi connectivity index (χ0) is 12.8. The lowest BCUT2D eigenvalue weighted by molar-refractivity contribution is -0.117. The van der Waals surface area contributed by atoms with Crippen molar-refractivity contribution in [1.29, 1.82) is 0 Å². The van der Waals surface area contributed by atoms with Crippen LogP contribution in [0.5, 0.6) is 0 Å². The second kappa shape index (κ2) is 6.67. The normalized spacial score (nSPS) is 12.2. The molecule has 0 saturated carbocycles. The van der Waals surface area contributed by atoms with E-state index in [1.807, 2.05) is 38.3 Å². The van der Waals surface area contributed by atoms with Crippen molar-refractivity contribution in [3.8, 4) is 0 Å². The molecule has 0 unspecified atom stereocenters. The van der Waals surface area contributed by atoms with Gasteiger partial charge in [-0.25, -0.2) is 0 Å². The van der Waals surface area contributed by atoms with Crippen LogP contribution in [0, 0.1) is 13.8 Å². The topological polar surface area (TPSA) is 55.1 Å². The number of anilines is 1. The number of nitrogens with two attached hydrogens (primary N) is 1. The van der Waals surface area contributed by atoms with Crippen molar-refractivity contribution in [2.45, 2.75) is 26.3 Å². The van der Waals surface area contributed by atoms with Gasteiger partial charge < -0.3 is 11.1 Å². The monoisotopic (exact) mass is 252 g/mol. The molecule has 1 aromatic carbocycles. The number of carbonyl (C=O) groups is 1. The number of hydrogen-bond donors (Lipinski definition) is 2. The first-order chi connectivity index (χ1) is 8.04. The Morgan fingerprint density at radius 3 is 2.76 bits per heavy atom. The van der Waals surface area contributed by atoms with E-state index in [2.05, 4.69) is 5.32 Å². The molecule has 0 heterocycles. The predicted octanol–water partition coefficient (Wildman–Crippen LogP) is 2.32. The SMILES string of the molecule is CSCC[C@H](N)C(=O)Nc1ccc(C)cc1C. The summed E-state index contributed by atoms with van der Waals surface area (Å²) < 4.78 is 0. The van der Waals surface area contributed by atoms with Gasteiger partial charge in [-0.15, -0.1) is 0 Å². The molecule has 0 spiro atoms. The van der Waals surface area contributed by atoms with Crippen molar-refractivity contribution < 1.29 is 4.79 Å². The number of carbonyl (C=O) groups excluding carboxylic acids is 1. The van der Waals surface area contributed by atoms with E-state index >= 15 is 0 Å². The largest absolute Gasteiger partial charge is 0.324 e. The quantitative estimate of drug-likeness (QED) is 0.845. The molecule has 3 nitrogen and oxygen atoms in total. The summed E-state index contributed by atoms with van der Waals surface area (Å²) in [5, 5.41) is 2.87. The molecule has 1 aromatic rings. The predicted molar refractivity (Wildman–Crippen MR) is 75.5 cm³/mol. The minimum Gasteiger partial charge on any atom is -0.324 e. The smallest absolute Gasteiger partial charge is 0.241 e. The van der Waals surface area contributed by atoms with E-state index in [1.165, 1.54) is 5.56 Å². The molecular weight excluding hydrogens is 232 g/mol. The molecule has 17 heavy (non-hydrogen) atoms. The highest BCUT2D eigenvalue weighted by Crippen LogP contribution is 2.16. The third-order valence-corrected chi connectivity index (χ3v) is 3.25. The number of amides is 1. The zero-order valence-corrected chi connectivity index (χ0v) is 11.4. The maximum atomic E-state index is 11.8. The summed E-state index contributed by atoms with van der Waals surface area (Å²) in [7, 11) is 0. The Kier molecular flexibility index (Phi) is 5.51. The van der Waals surface area contributed by atoms with Crippen LogP contribution in [0.15, 0.2) is 18.2 Å². The third-order valence-electron chi connectivity index (χ3n) is 2.61. The Morgan fingerprint density at radius 2 is 2.18 bits per heavy atom. The minimum atomic E-state index is -0.428. The minimum absolute atomic E-state index is 0.106. The second-order valence-electron chi connectivity index (χ2n) is 4.20. The molecule has 0 fully saturated rings. The Bertz CT molecular complexity index is 393. The van der Waals surface area contributed by atoms with Crippen LogP contribution in [-0.2, 0) is 4.79 Å². The van der Waals surface area contributed by atoms with Crippen molar-refractivity contribution in [2.24, 2.45) is 5.73 Å². The fourth-order valence-electron chi connectivity index (χ4n) is 1.56. The molecule has 0 bridgehead atoms. The maximum Gasteiger partial charge on any atom is 0.241 e. The van der Waals surface area contributed by atoms with Crippen LogP contribution >= 0.6 is 11.8 Å². The Labute approximate surface area is 107 Å². The average molecular weight is 252 g/mol. The molecule has 3 N–H and O–H groups in total. The molecule has 0 aliphatic rings. The standard InChI is InChI=1S/C13H20N2OS/c1-9-4-5-12(10(2)8-9)15-13(16)11(14)6-7-17-3/h4-5,8,11H,6-7,14H2,1-3H3,(H,15,16)/t11-/m0/s1. The van der Waals surface area contributed by atoms with Gasteiger partial charge in [0.05, 0.1) is 6.04 Å². The van der Waals surface area contributed by atoms with Gasteiger partial charge in [-0.1, -0.05) is 17.7 Å². The summed E-state index contributed by atoms with van der Waals surface area (Å²) in [5.41, 5.74) is 8.91. The number of benzene rings is 1. The maximum absolute atomic E-state index is 11.8. The number of rotatable bonds is 5. The van der Waals surface area contributed by atoms with Crippen molar-refractivity contribution in [2.75, 3.05) is 17.3 Å². The van der Waals surface area contributed by atoms with E-state index in [0.717, 1.165) is 17.0 Å². The Balaban J connectivity index is 2.61. The molecule has 1 atom stereocenters. The molecule has 1 amide bonds. The number of nitrogens with one attached hydrogen (secondary N) is 1. The van der Waals surface area contributed by atoms with E-state index in [0.29, 0.717) is 6.42 Å². The van der Waals surface area contributed by atoms with E-state index in [9.17, 15) is 4.79 Å². The fraction of sp³-hybridized carbons (Fsp3) is 0.462. The summed E-state index contributed by atoms with van der Waals surface area (Å²) in [6, 6.07) is 5.52. The highest BCUT2D eigenvalue weighted by atomic mass is 32.2. The zero-order valence-electron chi connectivity index (χ0n) is 10.6. The molecule has 1 rings (SSSR count). The first-order valence-electron chi connectivity index (χ1n) is 5.67. The van der Waals surface area contributed by atoms with Crippen LogP contribution < -0.4 is 11.1 Å². The molecule has 4 heteroatoms. The molecule has 0 aliphatic heterocycles. The van der Waals surface area contributed by atoms with E-state index < -0.39 is 6.04 Å². The summed E-state index contributed by atoms with van der Waals surface area (Å²) in [6.07, 6.45) is 2.71. The van der Waals surface area contributed by atoms with Crippen LogP contribution in [0.2, 0.25) is 0 Å². The number of thioether (sulfide) groups is 1. The van der Waals surface area contributed by atoms with Crippen molar-refractivity contribution in [3.05, 3.63) is 29.3 Å². The molecule has 0 radical (unpaired) electrons. The van der Waals surface area contributed by atoms with Gasteiger partial charge in [0.1, 0.15) is 0 Å². The summed E-state index contributed by atoms with van der Waals surface area (Å²) >= 11 is 1.70.